The Balaban J connectivity index is 1.83. The number of aryl methyl sites for hydroxylation is 2. The van der Waals surface area contributed by atoms with E-state index < -0.39 is 10.0 Å². The highest BCUT2D eigenvalue weighted by Crippen LogP contribution is 2.38. The number of hydrogen-bond acceptors (Lipinski definition) is 6. The summed E-state index contributed by atoms with van der Waals surface area (Å²) in [6, 6.07) is -0.561. The second-order valence-electron chi connectivity index (χ2n) is 5.17. The average molecular weight is 287 g/mol. The Labute approximate surface area is 111 Å². The van der Waals surface area contributed by atoms with Gasteiger partial charge in [0, 0.05) is 18.6 Å². The molecule has 1 aliphatic carbocycles. The lowest BCUT2D eigenvalue weighted by Gasteiger charge is -2.45. The van der Waals surface area contributed by atoms with Crippen molar-refractivity contribution in [3.05, 3.63) is 11.5 Å². The zero-order chi connectivity index (χ0) is 13.8. The molecule has 0 amide bonds. The molecule has 0 radical (unpaired) electrons. The number of hydrogen-bond donors (Lipinski definition) is 2. The molecule has 2 aliphatic rings. The summed E-state index contributed by atoms with van der Waals surface area (Å²) in [5.41, 5.74) is 6.35. The van der Waals surface area contributed by atoms with Crippen LogP contribution in [0.25, 0.3) is 0 Å². The summed E-state index contributed by atoms with van der Waals surface area (Å²) < 4.78 is 37.7. The number of rotatable bonds is 3. The van der Waals surface area contributed by atoms with Crippen molar-refractivity contribution in [2.24, 2.45) is 11.7 Å². The van der Waals surface area contributed by atoms with Crippen LogP contribution in [0.3, 0.4) is 0 Å². The number of ether oxygens (including phenoxy) is 1. The maximum atomic E-state index is 12.4. The number of sulfonamides is 1. The van der Waals surface area contributed by atoms with Crippen LogP contribution < -0.4 is 10.5 Å². The second kappa shape index (κ2) is 4.27. The third-order valence-electron chi connectivity index (χ3n) is 3.97. The lowest BCUT2D eigenvalue weighted by molar-refractivity contribution is -0.00925. The summed E-state index contributed by atoms with van der Waals surface area (Å²) in [5, 5.41) is 3.66. The number of aromatic nitrogens is 1. The summed E-state index contributed by atoms with van der Waals surface area (Å²) in [7, 11) is -3.68. The van der Waals surface area contributed by atoms with Gasteiger partial charge in [-0.05, 0) is 20.3 Å². The van der Waals surface area contributed by atoms with Crippen LogP contribution >= 0.6 is 0 Å². The average Bonchev–Trinajstić information content (AvgIpc) is 2.91. The normalized spacial score (nSPS) is 34.1. The molecule has 4 atom stereocenters. The van der Waals surface area contributed by atoms with Crippen LogP contribution in [0.1, 0.15) is 17.9 Å². The molecule has 8 heteroatoms. The molecule has 0 spiro atoms. The summed E-state index contributed by atoms with van der Waals surface area (Å²) in [6.07, 6.45) is 0.792. The van der Waals surface area contributed by atoms with Crippen molar-refractivity contribution >= 4 is 10.0 Å². The van der Waals surface area contributed by atoms with Crippen LogP contribution in [-0.4, -0.2) is 38.4 Å². The SMILES string of the molecule is Cc1noc(C)c1S(=O)(=O)NC1C(N)C2CCOC21. The molecule has 1 aromatic heterocycles. The summed E-state index contributed by atoms with van der Waals surface area (Å²) in [6.45, 7) is 3.82. The standard InChI is InChI=1S/C11H17N3O4S/c1-5-11(6(2)18-13-5)19(15,16)14-9-8(12)7-3-4-17-10(7)9/h7-10,14H,3-4,12H2,1-2H3. The van der Waals surface area contributed by atoms with Gasteiger partial charge < -0.3 is 15.0 Å². The fourth-order valence-corrected chi connectivity index (χ4v) is 4.60. The molecule has 1 aromatic rings. The van der Waals surface area contributed by atoms with Gasteiger partial charge in [-0.25, -0.2) is 13.1 Å². The van der Waals surface area contributed by atoms with E-state index in [0.717, 1.165) is 6.42 Å². The van der Waals surface area contributed by atoms with E-state index in [0.29, 0.717) is 12.3 Å². The quantitative estimate of drug-likeness (QED) is 0.789. The van der Waals surface area contributed by atoms with Gasteiger partial charge in [-0.2, -0.15) is 0 Å². The van der Waals surface area contributed by atoms with Gasteiger partial charge in [0.2, 0.25) is 10.0 Å². The van der Waals surface area contributed by atoms with E-state index >= 15 is 0 Å². The van der Waals surface area contributed by atoms with Gasteiger partial charge in [0.25, 0.3) is 0 Å². The number of nitrogens with zero attached hydrogens (tertiary/aromatic N) is 1. The van der Waals surface area contributed by atoms with Gasteiger partial charge >= 0.3 is 0 Å². The second-order valence-corrected chi connectivity index (χ2v) is 6.82. The zero-order valence-electron chi connectivity index (χ0n) is 10.8. The predicted molar refractivity (Wildman–Crippen MR) is 65.9 cm³/mol. The molecule has 0 bridgehead atoms. The smallest absolute Gasteiger partial charge is 0.246 e. The van der Waals surface area contributed by atoms with Crippen molar-refractivity contribution in [1.82, 2.24) is 9.88 Å². The van der Waals surface area contributed by atoms with Gasteiger partial charge in [0.15, 0.2) is 5.76 Å². The van der Waals surface area contributed by atoms with Crippen molar-refractivity contribution in [1.29, 1.82) is 0 Å². The third-order valence-corrected chi connectivity index (χ3v) is 5.68. The highest BCUT2D eigenvalue weighted by molar-refractivity contribution is 7.89. The monoisotopic (exact) mass is 287 g/mol. The van der Waals surface area contributed by atoms with Gasteiger partial charge in [-0.15, -0.1) is 0 Å². The van der Waals surface area contributed by atoms with Crippen LogP contribution in [0.2, 0.25) is 0 Å². The molecular weight excluding hydrogens is 270 g/mol. The molecule has 2 fully saturated rings. The van der Waals surface area contributed by atoms with Crippen molar-refractivity contribution in [3.63, 3.8) is 0 Å². The first-order chi connectivity index (χ1) is 8.92. The van der Waals surface area contributed by atoms with E-state index in [4.69, 9.17) is 15.0 Å². The fraction of sp³-hybridized carbons (Fsp3) is 0.727. The molecule has 2 heterocycles. The molecule has 0 aromatic carbocycles. The van der Waals surface area contributed by atoms with Crippen molar-refractivity contribution < 1.29 is 17.7 Å². The summed E-state index contributed by atoms with van der Waals surface area (Å²) in [5.74, 6) is 0.541. The van der Waals surface area contributed by atoms with E-state index in [1.165, 1.54) is 0 Å². The largest absolute Gasteiger partial charge is 0.376 e. The first kappa shape index (κ1) is 13.0. The molecule has 4 unspecified atom stereocenters. The van der Waals surface area contributed by atoms with E-state index in [9.17, 15) is 8.42 Å². The molecule has 7 nitrogen and oxygen atoms in total. The van der Waals surface area contributed by atoms with Crippen molar-refractivity contribution in [2.45, 2.75) is 43.4 Å². The minimum Gasteiger partial charge on any atom is -0.376 e. The first-order valence-corrected chi connectivity index (χ1v) is 7.72. The predicted octanol–water partition coefficient (Wildman–Crippen LogP) is -0.316. The van der Waals surface area contributed by atoms with Crippen LogP contribution in [-0.2, 0) is 14.8 Å². The minimum atomic E-state index is -3.68. The minimum absolute atomic E-state index is 0.0983. The fourth-order valence-electron chi connectivity index (χ4n) is 2.99. The summed E-state index contributed by atoms with van der Waals surface area (Å²) >= 11 is 0. The van der Waals surface area contributed by atoms with E-state index in [2.05, 4.69) is 9.88 Å². The topological polar surface area (TPSA) is 107 Å². The van der Waals surface area contributed by atoms with Crippen molar-refractivity contribution in [2.75, 3.05) is 6.61 Å². The number of fused-ring (bicyclic) bond motifs is 1. The lowest BCUT2D eigenvalue weighted by Crippen LogP contribution is -2.68. The van der Waals surface area contributed by atoms with E-state index in [1.54, 1.807) is 13.8 Å². The highest BCUT2D eigenvalue weighted by atomic mass is 32.2. The van der Waals surface area contributed by atoms with Gasteiger partial charge in [0.05, 0.1) is 12.1 Å². The molecule has 3 N–H and O–H groups in total. The Hall–Kier alpha value is -0.960. The Kier molecular flexibility index (Phi) is 2.93. The van der Waals surface area contributed by atoms with Crippen LogP contribution in [0.15, 0.2) is 9.42 Å². The zero-order valence-corrected chi connectivity index (χ0v) is 11.6. The molecule has 1 aliphatic heterocycles. The van der Waals surface area contributed by atoms with Gasteiger partial charge in [-0.3, -0.25) is 0 Å². The van der Waals surface area contributed by atoms with E-state index in [-0.39, 0.29) is 34.8 Å². The molecule has 3 rings (SSSR count). The van der Waals surface area contributed by atoms with Crippen LogP contribution in [0.5, 0.6) is 0 Å². The highest BCUT2D eigenvalue weighted by Gasteiger charge is 2.53. The Morgan fingerprint density at radius 3 is 2.79 bits per heavy atom. The summed E-state index contributed by atoms with van der Waals surface area (Å²) in [4.78, 5) is 0.0983. The molecule has 106 valence electrons. The molecule has 19 heavy (non-hydrogen) atoms. The van der Waals surface area contributed by atoms with Crippen LogP contribution in [0, 0.1) is 19.8 Å². The number of nitrogens with two attached hydrogens (primary N) is 1. The van der Waals surface area contributed by atoms with E-state index in [1.807, 2.05) is 0 Å². The maximum Gasteiger partial charge on any atom is 0.246 e. The van der Waals surface area contributed by atoms with Gasteiger partial charge in [-0.1, -0.05) is 5.16 Å². The molecule has 1 saturated heterocycles. The Bertz CT molecular complexity index is 578. The lowest BCUT2D eigenvalue weighted by atomic mass is 9.73. The molecule has 1 saturated carbocycles. The Morgan fingerprint density at radius 1 is 1.42 bits per heavy atom. The van der Waals surface area contributed by atoms with Gasteiger partial charge in [0.1, 0.15) is 10.6 Å². The van der Waals surface area contributed by atoms with Crippen molar-refractivity contribution in [3.8, 4) is 0 Å². The first-order valence-electron chi connectivity index (χ1n) is 6.24. The number of nitrogens with one attached hydrogen (secondary N) is 1. The molecular formula is C11H17N3O4S. The van der Waals surface area contributed by atoms with Crippen LogP contribution in [0.4, 0.5) is 0 Å². The Morgan fingerprint density at radius 2 is 2.16 bits per heavy atom. The maximum absolute atomic E-state index is 12.4. The third kappa shape index (κ3) is 1.90.